The monoisotopic (exact) mass is 301 g/mol. The number of halogens is 3. The van der Waals surface area contributed by atoms with Crippen molar-refractivity contribution in [3.8, 4) is 0 Å². The molecule has 0 aromatic heterocycles. The molecule has 1 aliphatic rings. The number of anilines is 1. The maximum absolute atomic E-state index is 12.4. The summed E-state index contributed by atoms with van der Waals surface area (Å²) in [6.07, 6.45) is -1.88. The van der Waals surface area contributed by atoms with Crippen LogP contribution < -0.4 is 5.32 Å². The number of hydrogen-bond acceptors (Lipinski definition) is 3. The number of carbonyl (C=O) groups excluding carboxylic acids is 2. The zero-order valence-electron chi connectivity index (χ0n) is 11.1. The fraction of sp³-hybridized carbons (Fsp3) is 0.429. The van der Waals surface area contributed by atoms with Gasteiger partial charge in [0.1, 0.15) is 0 Å². The Hall–Kier alpha value is -2.05. The highest BCUT2D eigenvalue weighted by molar-refractivity contribution is 5.92. The second kappa shape index (κ2) is 6.15. The van der Waals surface area contributed by atoms with Gasteiger partial charge in [0.15, 0.2) is 6.61 Å². The van der Waals surface area contributed by atoms with E-state index in [2.05, 4.69) is 5.32 Å². The van der Waals surface area contributed by atoms with Crippen molar-refractivity contribution >= 4 is 17.6 Å². The molecule has 0 spiro atoms. The van der Waals surface area contributed by atoms with E-state index in [1.807, 2.05) is 0 Å². The predicted molar refractivity (Wildman–Crippen MR) is 68.4 cm³/mol. The molecular formula is C14H14F3NO3. The zero-order valence-corrected chi connectivity index (χ0v) is 11.1. The Balaban J connectivity index is 1.80. The number of alkyl halides is 3. The van der Waals surface area contributed by atoms with Gasteiger partial charge in [-0.3, -0.25) is 9.59 Å². The quantitative estimate of drug-likeness (QED) is 0.870. The molecule has 1 aromatic carbocycles. The van der Waals surface area contributed by atoms with Gasteiger partial charge in [-0.15, -0.1) is 0 Å². The van der Waals surface area contributed by atoms with Gasteiger partial charge in [0.2, 0.25) is 0 Å². The van der Waals surface area contributed by atoms with E-state index in [-0.39, 0.29) is 11.6 Å². The molecule has 2 rings (SSSR count). The molecule has 0 radical (unpaired) electrons. The van der Waals surface area contributed by atoms with E-state index in [9.17, 15) is 22.8 Å². The molecule has 1 fully saturated rings. The molecular weight excluding hydrogens is 287 g/mol. The Labute approximate surface area is 119 Å². The summed E-state index contributed by atoms with van der Waals surface area (Å²) >= 11 is 0. The standard InChI is InChI=1S/C14H14F3NO3/c15-14(16,17)10-4-6-11(7-5-10)18-12(19)8-21-13(20)9-2-1-3-9/h4-7,9H,1-3,8H2,(H,18,19). The molecule has 0 bridgehead atoms. The van der Waals surface area contributed by atoms with Crippen LogP contribution in [0.3, 0.4) is 0 Å². The van der Waals surface area contributed by atoms with Crippen LogP contribution in [0.5, 0.6) is 0 Å². The lowest BCUT2D eigenvalue weighted by Crippen LogP contribution is -2.28. The van der Waals surface area contributed by atoms with Gasteiger partial charge in [0.05, 0.1) is 11.5 Å². The van der Waals surface area contributed by atoms with E-state index >= 15 is 0 Å². The number of amides is 1. The summed E-state index contributed by atoms with van der Waals surface area (Å²) < 4.78 is 41.9. The van der Waals surface area contributed by atoms with Crippen LogP contribution >= 0.6 is 0 Å². The lowest BCUT2D eigenvalue weighted by atomic mass is 9.86. The minimum absolute atomic E-state index is 0.121. The van der Waals surface area contributed by atoms with Crippen molar-refractivity contribution in [2.24, 2.45) is 5.92 Å². The summed E-state index contributed by atoms with van der Waals surface area (Å²) in [7, 11) is 0. The Morgan fingerprint density at radius 1 is 1.19 bits per heavy atom. The van der Waals surface area contributed by atoms with E-state index < -0.39 is 30.2 Å². The first-order chi connectivity index (χ1) is 9.86. The van der Waals surface area contributed by atoms with Crippen LogP contribution in [0, 0.1) is 5.92 Å². The smallest absolute Gasteiger partial charge is 0.416 e. The lowest BCUT2D eigenvalue weighted by molar-refractivity contribution is -0.154. The van der Waals surface area contributed by atoms with Crippen molar-refractivity contribution in [1.29, 1.82) is 0 Å². The molecule has 1 aromatic rings. The highest BCUT2D eigenvalue weighted by atomic mass is 19.4. The summed E-state index contributed by atoms with van der Waals surface area (Å²) in [5.74, 6) is -1.10. The average molecular weight is 301 g/mol. The molecule has 1 aliphatic carbocycles. The summed E-state index contributed by atoms with van der Waals surface area (Å²) in [5.41, 5.74) is -0.579. The topological polar surface area (TPSA) is 55.4 Å². The Morgan fingerprint density at radius 3 is 2.29 bits per heavy atom. The van der Waals surface area contributed by atoms with Crippen LogP contribution in [0.25, 0.3) is 0 Å². The Morgan fingerprint density at radius 2 is 1.81 bits per heavy atom. The molecule has 7 heteroatoms. The molecule has 4 nitrogen and oxygen atoms in total. The van der Waals surface area contributed by atoms with Crippen molar-refractivity contribution in [3.63, 3.8) is 0 Å². The number of nitrogens with one attached hydrogen (secondary N) is 1. The molecule has 0 heterocycles. The average Bonchev–Trinajstić information content (AvgIpc) is 2.34. The fourth-order valence-electron chi connectivity index (χ4n) is 1.84. The van der Waals surface area contributed by atoms with Crippen molar-refractivity contribution < 1.29 is 27.5 Å². The van der Waals surface area contributed by atoms with E-state index in [4.69, 9.17) is 4.74 Å². The number of hydrogen-bond donors (Lipinski definition) is 1. The minimum atomic E-state index is -4.42. The van der Waals surface area contributed by atoms with Gasteiger partial charge in [-0.1, -0.05) is 6.42 Å². The van der Waals surface area contributed by atoms with Crippen LogP contribution in [0.1, 0.15) is 24.8 Å². The van der Waals surface area contributed by atoms with E-state index in [0.717, 1.165) is 43.5 Å². The molecule has 0 unspecified atom stereocenters. The van der Waals surface area contributed by atoms with Crippen LogP contribution in [0.15, 0.2) is 24.3 Å². The molecule has 21 heavy (non-hydrogen) atoms. The second-order valence-electron chi connectivity index (χ2n) is 4.86. The molecule has 1 amide bonds. The van der Waals surface area contributed by atoms with Crippen LogP contribution in [-0.4, -0.2) is 18.5 Å². The van der Waals surface area contributed by atoms with Gasteiger partial charge in [0, 0.05) is 5.69 Å². The number of benzene rings is 1. The molecule has 114 valence electrons. The summed E-state index contributed by atoms with van der Waals surface area (Å²) in [4.78, 5) is 22.9. The third kappa shape index (κ3) is 4.21. The summed E-state index contributed by atoms with van der Waals surface area (Å²) in [6, 6.07) is 4.04. The third-order valence-corrected chi connectivity index (χ3v) is 3.28. The zero-order chi connectivity index (χ0) is 15.5. The van der Waals surface area contributed by atoms with E-state index in [0.29, 0.717) is 0 Å². The predicted octanol–water partition coefficient (Wildman–Crippen LogP) is 2.99. The molecule has 0 atom stereocenters. The SMILES string of the molecule is O=C(COC(=O)C1CCC1)Nc1ccc(C(F)(F)F)cc1. The first-order valence-corrected chi connectivity index (χ1v) is 6.50. The van der Waals surface area contributed by atoms with Gasteiger partial charge >= 0.3 is 12.1 Å². The molecule has 0 aliphatic heterocycles. The van der Waals surface area contributed by atoms with Gasteiger partial charge in [-0.2, -0.15) is 13.2 Å². The first-order valence-electron chi connectivity index (χ1n) is 6.50. The minimum Gasteiger partial charge on any atom is -0.455 e. The number of esters is 1. The Kier molecular flexibility index (Phi) is 4.50. The highest BCUT2D eigenvalue weighted by Crippen LogP contribution is 2.30. The number of rotatable bonds is 4. The van der Waals surface area contributed by atoms with E-state index in [1.54, 1.807) is 0 Å². The molecule has 0 saturated heterocycles. The third-order valence-electron chi connectivity index (χ3n) is 3.28. The first kappa shape index (κ1) is 15.3. The molecule has 1 N–H and O–H groups in total. The normalized spacial score (nSPS) is 15.2. The molecule has 1 saturated carbocycles. The number of carbonyl (C=O) groups is 2. The van der Waals surface area contributed by atoms with Gasteiger partial charge < -0.3 is 10.1 Å². The highest BCUT2D eigenvalue weighted by Gasteiger charge is 2.30. The van der Waals surface area contributed by atoms with Crippen LogP contribution in [0.4, 0.5) is 18.9 Å². The van der Waals surface area contributed by atoms with Crippen molar-refractivity contribution in [2.75, 3.05) is 11.9 Å². The maximum Gasteiger partial charge on any atom is 0.416 e. The summed E-state index contributed by atoms with van der Waals surface area (Å²) in [6.45, 7) is -0.434. The maximum atomic E-state index is 12.4. The van der Waals surface area contributed by atoms with Gasteiger partial charge in [0.25, 0.3) is 5.91 Å². The second-order valence-corrected chi connectivity index (χ2v) is 4.86. The lowest BCUT2D eigenvalue weighted by Gasteiger charge is -2.22. The van der Waals surface area contributed by atoms with Crippen LogP contribution in [0.2, 0.25) is 0 Å². The number of ether oxygens (including phenoxy) is 1. The van der Waals surface area contributed by atoms with Gasteiger partial charge in [-0.05, 0) is 37.1 Å². The fourth-order valence-corrected chi connectivity index (χ4v) is 1.84. The van der Waals surface area contributed by atoms with Crippen molar-refractivity contribution in [3.05, 3.63) is 29.8 Å². The van der Waals surface area contributed by atoms with Gasteiger partial charge in [-0.25, -0.2) is 0 Å². The van der Waals surface area contributed by atoms with E-state index in [1.165, 1.54) is 0 Å². The largest absolute Gasteiger partial charge is 0.455 e. The summed E-state index contributed by atoms with van der Waals surface area (Å²) in [5, 5.41) is 2.37. The van der Waals surface area contributed by atoms with Crippen molar-refractivity contribution in [2.45, 2.75) is 25.4 Å². The van der Waals surface area contributed by atoms with Crippen molar-refractivity contribution in [1.82, 2.24) is 0 Å². The van der Waals surface area contributed by atoms with Crippen LogP contribution in [-0.2, 0) is 20.5 Å². The Bertz CT molecular complexity index is 521.